The van der Waals surface area contributed by atoms with Crippen LogP contribution >= 0.6 is 0 Å². The van der Waals surface area contributed by atoms with Crippen molar-refractivity contribution < 1.29 is 9.59 Å². The van der Waals surface area contributed by atoms with Gasteiger partial charge in [-0.15, -0.1) is 0 Å². The van der Waals surface area contributed by atoms with E-state index in [1.165, 1.54) is 0 Å². The van der Waals surface area contributed by atoms with Crippen molar-refractivity contribution in [3.8, 4) is 0 Å². The van der Waals surface area contributed by atoms with Crippen molar-refractivity contribution in [1.82, 2.24) is 0 Å². The highest BCUT2D eigenvalue weighted by Gasteiger charge is 2.10. The highest BCUT2D eigenvalue weighted by molar-refractivity contribution is 5.94. The largest absolute Gasteiger partial charge is 0.327 e. The van der Waals surface area contributed by atoms with Crippen molar-refractivity contribution in [3.05, 3.63) is 24.3 Å². The maximum absolute atomic E-state index is 11.9. The van der Waals surface area contributed by atoms with Crippen LogP contribution in [-0.2, 0) is 9.59 Å². The Kier molecular flexibility index (Phi) is 6.88. The molecular weight excluding hydrogens is 266 g/mol. The minimum atomic E-state index is -0.112. The van der Waals surface area contributed by atoms with Crippen LogP contribution in [0.25, 0.3) is 0 Å². The van der Waals surface area contributed by atoms with E-state index in [2.05, 4.69) is 10.6 Å². The average Bonchev–Trinajstić information content (AvgIpc) is 2.38. The molecule has 0 aliphatic carbocycles. The maximum Gasteiger partial charge on any atom is 0.226 e. The Hall–Kier alpha value is -1.88. The molecule has 1 aromatic rings. The third-order valence-electron chi connectivity index (χ3n) is 3.05. The van der Waals surface area contributed by atoms with Crippen LogP contribution in [-0.4, -0.2) is 17.9 Å². The highest BCUT2D eigenvalue weighted by atomic mass is 16.2. The van der Waals surface area contributed by atoms with E-state index < -0.39 is 0 Å². The Morgan fingerprint density at radius 3 is 2.38 bits per heavy atom. The smallest absolute Gasteiger partial charge is 0.226 e. The molecule has 0 bridgehead atoms. The zero-order chi connectivity index (χ0) is 15.8. The van der Waals surface area contributed by atoms with Gasteiger partial charge in [-0.25, -0.2) is 0 Å². The van der Waals surface area contributed by atoms with Gasteiger partial charge in [-0.3, -0.25) is 9.59 Å². The second kappa shape index (κ2) is 8.42. The van der Waals surface area contributed by atoms with E-state index in [0.29, 0.717) is 17.8 Å². The Bertz CT molecular complexity index is 486. The van der Waals surface area contributed by atoms with E-state index in [4.69, 9.17) is 5.73 Å². The fraction of sp³-hybridized carbons (Fsp3) is 0.500. The quantitative estimate of drug-likeness (QED) is 0.722. The first kappa shape index (κ1) is 17.2. The van der Waals surface area contributed by atoms with Gasteiger partial charge >= 0.3 is 0 Å². The number of amides is 2. The van der Waals surface area contributed by atoms with Crippen LogP contribution in [0.15, 0.2) is 24.3 Å². The molecule has 0 aromatic heterocycles. The second-order valence-corrected chi connectivity index (χ2v) is 5.53. The summed E-state index contributed by atoms with van der Waals surface area (Å²) in [5, 5.41) is 5.61. The zero-order valence-electron chi connectivity index (χ0n) is 13.0. The molecule has 1 aromatic carbocycles. The molecule has 0 aliphatic rings. The molecule has 0 heterocycles. The standard InChI is InChI=1S/C16H25N3O2/c1-4-6-12(17)9-15(20)18-13-7-5-8-14(10-13)19-16(21)11(2)3/h5,7-8,10-12H,4,6,9,17H2,1-3H3,(H,18,20)(H,19,21). The minimum absolute atomic E-state index is 0.0524. The molecule has 0 radical (unpaired) electrons. The summed E-state index contributed by atoms with van der Waals surface area (Å²) in [4.78, 5) is 23.5. The summed E-state index contributed by atoms with van der Waals surface area (Å²) in [7, 11) is 0. The number of carbonyl (C=O) groups excluding carboxylic acids is 2. The number of rotatable bonds is 7. The average molecular weight is 291 g/mol. The first-order valence-electron chi connectivity index (χ1n) is 7.38. The molecule has 1 atom stereocenters. The highest BCUT2D eigenvalue weighted by Crippen LogP contribution is 2.16. The SMILES string of the molecule is CCCC(N)CC(=O)Nc1cccc(NC(=O)C(C)C)c1. The van der Waals surface area contributed by atoms with E-state index in [1.807, 2.05) is 20.8 Å². The fourth-order valence-electron chi connectivity index (χ4n) is 1.88. The summed E-state index contributed by atoms with van der Waals surface area (Å²) in [6.45, 7) is 5.70. The van der Waals surface area contributed by atoms with Crippen LogP contribution in [0.3, 0.4) is 0 Å². The van der Waals surface area contributed by atoms with Gasteiger partial charge in [0.15, 0.2) is 0 Å². The van der Waals surface area contributed by atoms with Gasteiger partial charge < -0.3 is 16.4 Å². The Morgan fingerprint density at radius 1 is 1.19 bits per heavy atom. The van der Waals surface area contributed by atoms with Crippen LogP contribution in [0.4, 0.5) is 11.4 Å². The Morgan fingerprint density at radius 2 is 1.81 bits per heavy atom. The molecule has 5 nitrogen and oxygen atoms in total. The van der Waals surface area contributed by atoms with Crippen LogP contribution in [0.5, 0.6) is 0 Å². The van der Waals surface area contributed by atoms with Gasteiger partial charge in [0, 0.05) is 29.8 Å². The summed E-state index contributed by atoms with van der Waals surface area (Å²) in [5.41, 5.74) is 7.18. The van der Waals surface area contributed by atoms with Crippen molar-refractivity contribution in [2.24, 2.45) is 11.7 Å². The molecule has 4 N–H and O–H groups in total. The second-order valence-electron chi connectivity index (χ2n) is 5.53. The number of carbonyl (C=O) groups is 2. The number of hydrogen-bond acceptors (Lipinski definition) is 3. The van der Waals surface area contributed by atoms with Gasteiger partial charge in [0.05, 0.1) is 0 Å². The van der Waals surface area contributed by atoms with Crippen LogP contribution in [0.1, 0.15) is 40.0 Å². The van der Waals surface area contributed by atoms with Crippen molar-refractivity contribution in [2.75, 3.05) is 10.6 Å². The van der Waals surface area contributed by atoms with Gasteiger partial charge in [0.2, 0.25) is 11.8 Å². The van der Waals surface area contributed by atoms with Gasteiger partial charge in [-0.1, -0.05) is 33.3 Å². The normalized spacial score (nSPS) is 12.0. The van der Waals surface area contributed by atoms with Crippen molar-refractivity contribution in [2.45, 2.75) is 46.1 Å². The topological polar surface area (TPSA) is 84.2 Å². The molecule has 116 valence electrons. The molecule has 1 rings (SSSR count). The summed E-state index contributed by atoms with van der Waals surface area (Å²) in [6, 6.07) is 6.99. The van der Waals surface area contributed by atoms with Gasteiger partial charge in [0.1, 0.15) is 0 Å². The van der Waals surface area contributed by atoms with Gasteiger partial charge in [0.25, 0.3) is 0 Å². The molecule has 0 saturated carbocycles. The molecule has 0 saturated heterocycles. The van der Waals surface area contributed by atoms with E-state index in [9.17, 15) is 9.59 Å². The monoisotopic (exact) mass is 291 g/mol. The lowest BCUT2D eigenvalue weighted by Crippen LogP contribution is -2.26. The molecule has 21 heavy (non-hydrogen) atoms. The number of nitrogens with two attached hydrogens (primary N) is 1. The van der Waals surface area contributed by atoms with Gasteiger partial charge in [-0.2, -0.15) is 0 Å². The summed E-state index contributed by atoms with van der Waals surface area (Å²) in [6.07, 6.45) is 2.10. The first-order chi connectivity index (χ1) is 9.92. The molecule has 5 heteroatoms. The number of benzene rings is 1. The number of hydrogen-bond donors (Lipinski definition) is 3. The fourth-order valence-corrected chi connectivity index (χ4v) is 1.88. The Balaban J connectivity index is 2.60. The summed E-state index contributed by atoms with van der Waals surface area (Å²) in [5.74, 6) is -0.248. The van der Waals surface area contributed by atoms with Crippen LogP contribution < -0.4 is 16.4 Å². The van der Waals surface area contributed by atoms with E-state index in [-0.39, 0.29) is 23.8 Å². The third kappa shape index (κ3) is 6.40. The number of anilines is 2. The summed E-state index contributed by atoms with van der Waals surface area (Å²) < 4.78 is 0. The van der Waals surface area contributed by atoms with E-state index >= 15 is 0 Å². The zero-order valence-corrected chi connectivity index (χ0v) is 13.0. The predicted molar refractivity (Wildman–Crippen MR) is 86.0 cm³/mol. The first-order valence-corrected chi connectivity index (χ1v) is 7.38. The van der Waals surface area contributed by atoms with Crippen molar-refractivity contribution >= 4 is 23.2 Å². The predicted octanol–water partition coefficient (Wildman–Crippen LogP) is 2.74. The molecule has 2 amide bonds. The molecule has 0 spiro atoms. The van der Waals surface area contributed by atoms with Crippen molar-refractivity contribution in [1.29, 1.82) is 0 Å². The van der Waals surface area contributed by atoms with Gasteiger partial charge in [-0.05, 0) is 24.6 Å². The lowest BCUT2D eigenvalue weighted by molar-refractivity contribution is -0.119. The third-order valence-corrected chi connectivity index (χ3v) is 3.05. The summed E-state index contributed by atoms with van der Waals surface area (Å²) >= 11 is 0. The number of nitrogens with one attached hydrogen (secondary N) is 2. The molecule has 0 fully saturated rings. The van der Waals surface area contributed by atoms with E-state index in [0.717, 1.165) is 12.8 Å². The molecular formula is C16H25N3O2. The molecule has 1 unspecified atom stereocenters. The van der Waals surface area contributed by atoms with Crippen LogP contribution in [0, 0.1) is 5.92 Å². The minimum Gasteiger partial charge on any atom is -0.327 e. The Labute approximate surface area is 126 Å². The van der Waals surface area contributed by atoms with E-state index in [1.54, 1.807) is 24.3 Å². The lowest BCUT2D eigenvalue weighted by Gasteiger charge is -2.12. The van der Waals surface area contributed by atoms with Crippen molar-refractivity contribution in [3.63, 3.8) is 0 Å². The maximum atomic E-state index is 11.9. The molecule has 0 aliphatic heterocycles. The lowest BCUT2D eigenvalue weighted by atomic mass is 10.1. The van der Waals surface area contributed by atoms with Crippen LogP contribution in [0.2, 0.25) is 0 Å².